The van der Waals surface area contributed by atoms with Crippen LogP contribution in [-0.2, 0) is 36.1 Å². The molecule has 22 heavy (non-hydrogen) atoms. The van der Waals surface area contributed by atoms with Gasteiger partial charge in [0.2, 0.25) is 10.0 Å². The van der Waals surface area contributed by atoms with Crippen molar-refractivity contribution in [3.8, 4) is 0 Å². The van der Waals surface area contributed by atoms with E-state index in [0.29, 0.717) is 11.4 Å². The summed E-state index contributed by atoms with van der Waals surface area (Å²) in [6.45, 7) is 4.11. The molecule has 116 valence electrons. The average Bonchev–Trinajstić information content (AvgIpc) is 3.01. The Kier molecular flexibility index (Phi) is 4.29. The molecule has 0 bridgehead atoms. The van der Waals surface area contributed by atoms with Gasteiger partial charge < -0.3 is 5.32 Å². The van der Waals surface area contributed by atoms with E-state index in [1.807, 2.05) is 25.1 Å². The maximum absolute atomic E-state index is 12.3. The van der Waals surface area contributed by atoms with E-state index in [9.17, 15) is 8.42 Å². The molecule has 0 radical (unpaired) electrons. The predicted molar refractivity (Wildman–Crippen MR) is 86.8 cm³/mol. The highest BCUT2D eigenvalue weighted by molar-refractivity contribution is 7.89. The minimum atomic E-state index is -3.46. The Bertz CT molecular complexity index is 768. The van der Waals surface area contributed by atoms with E-state index in [1.54, 1.807) is 12.1 Å². The second-order valence-electron chi connectivity index (χ2n) is 5.53. The topological polar surface area (TPSA) is 58.2 Å². The largest absolute Gasteiger partial charge is 0.309 e. The maximum Gasteiger partial charge on any atom is 0.240 e. The van der Waals surface area contributed by atoms with Gasteiger partial charge in [-0.05, 0) is 40.8 Å². The fourth-order valence-corrected chi connectivity index (χ4v) is 3.64. The van der Waals surface area contributed by atoms with Crippen molar-refractivity contribution in [2.24, 2.45) is 0 Å². The van der Waals surface area contributed by atoms with Crippen molar-refractivity contribution in [2.45, 2.75) is 37.9 Å². The molecule has 4 nitrogen and oxygen atoms in total. The van der Waals surface area contributed by atoms with Gasteiger partial charge >= 0.3 is 0 Å². The minimum absolute atomic E-state index is 0.311. The molecule has 3 rings (SSSR count). The Morgan fingerprint density at radius 2 is 1.68 bits per heavy atom. The molecule has 0 amide bonds. The zero-order valence-corrected chi connectivity index (χ0v) is 13.4. The SMILES string of the molecule is CCc1ccc(S(=O)(=O)NCc2ccc3c(c2)CNC3)cc1. The second kappa shape index (κ2) is 6.20. The third kappa shape index (κ3) is 3.21. The number of nitrogens with one attached hydrogen (secondary N) is 2. The molecule has 0 aliphatic carbocycles. The number of aryl methyl sites for hydroxylation is 1. The van der Waals surface area contributed by atoms with Gasteiger partial charge in [-0.1, -0.05) is 37.3 Å². The average molecular weight is 316 g/mol. The summed E-state index contributed by atoms with van der Waals surface area (Å²) in [5.41, 5.74) is 4.66. The number of benzene rings is 2. The molecule has 1 aliphatic rings. The minimum Gasteiger partial charge on any atom is -0.309 e. The second-order valence-corrected chi connectivity index (χ2v) is 7.30. The van der Waals surface area contributed by atoms with Crippen molar-refractivity contribution in [3.05, 3.63) is 64.7 Å². The first-order chi connectivity index (χ1) is 10.6. The van der Waals surface area contributed by atoms with Crippen LogP contribution in [0.15, 0.2) is 47.4 Å². The number of hydrogen-bond donors (Lipinski definition) is 2. The van der Waals surface area contributed by atoms with Gasteiger partial charge in [0.25, 0.3) is 0 Å². The molecule has 1 heterocycles. The van der Waals surface area contributed by atoms with Crippen LogP contribution >= 0.6 is 0 Å². The first kappa shape index (κ1) is 15.2. The summed E-state index contributed by atoms with van der Waals surface area (Å²) in [4.78, 5) is 0.313. The zero-order valence-electron chi connectivity index (χ0n) is 12.6. The van der Waals surface area contributed by atoms with Crippen LogP contribution in [0, 0.1) is 0 Å². The molecule has 0 unspecified atom stereocenters. The molecule has 0 aromatic heterocycles. The van der Waals surface area contributed by atoms with E-state index in [-0.39, 0.29) is 0 Å². The highest BCUT2D eigenvalue weighted by Crippen LogP contribution is 2.18. The fraction of sp³-hybridized carbons (Fsp3) is 0.294. The van der Waals surface area contributed by atoms with Crippen molar-refractivity contribution in [1.29, 1.82) is 0 Å². The van der Waals surface area contributed by atoms with E-state index in [1.165, 1.54) is 11.1 Å². The molecular weight excluding hydrogens is 296 g/mol. The van der Waals surface area contributed by atoms with E-state index in [0.717, 1.165) is 30.6 Å². The molecule has 0 atom stereocenters. The summed E-state index contributed by atoms with van der Waals surface area (Å²) in [5.74, 6) is 0. The third-order valence-electron chi connectivity index (χ3n) is 4.01. The van der Waals surface area contributed by atoms with Crippen LogP contribution in [0.5, 0.6) is 0 Å². The van der Waals surface area contributed by atoms with Crippen LogP contribution in [0.2, 0.25) is 0 Å². The molecular formula is C17H20N2O2S. The lowest BCUT2D eigenvalue weighted by molar-refractivity contribution is 0.581. The molecule has 0 spiro atoms. The van der Waals surface area contributed by atoms with Crippen molar-refractivity contribution in [3.63, 3.8) is 0 Å². The van der Waals surface area contributed by atoms with E-state index < -0.39 is 10.0 Å². The number of fused-ring (bicyclic) bond motifs is 1. The van der Waals surface area contributed by atoms with E-state index >= 15 is 0 Å². The summed E-state index contributed by atoms with van der Waals surface area (Å²) in [6.07, 6.45) is 0.900. The Hall–Kier alpha value is -1.69. The molecule has 2 aromatic rings. The Labute approximate surface area is 131 Å². The smallest absolute Gasteiger partial charge is 0.240 e. The molecule has 0 saturated heterocycles. The standard InChI is InChI=1S/C17H20N2O2S/c1-2-13-4-7-17(8-5-13)22(20,21)19-10-14-3-6-15-11-18-12-16(15)9-14/h3-9,18-19H,2,10-12H2,1H3. The van der Waals surface area contributed by atoms with Gasteiger partial charge in [0.05, 0.1) is 4.90 Å². The van der Waals surface area contributed by atoms with Crippen LogP contribution in [-0.4, -0.2) is 8.42 Å². The highest BCUT2D eigenvalue weighted by Gasteiger charge is 2.15. The van der Waals surface area contributed by atoms with E-state index in [4.69, 9.17) is 0 Å². The molecule has 0 fully saturated rings. The zero-order chi connectivity index (χ0) is 15.6. The van der Waals surface area contributed by atoms with Gasteiger partial charge in [-0.25, -0.2) is 13.1 Å². The fourth-order valence-electron chi connectivity index (χ4n) is 2.62. The summed E-state index contributed by atoms with van der Waals surface area (Å²) in [5, 5.41) is 3.29. The lowest BCUT2D eigenvalue weighted by atomic mass is 10.1. The van der Waals surface area contributed by atoms with Crippen LogP contribution in [0.3, 0.4) is 0 Å². The van der Waals surface area contributed by atoms with Crippen molar-refractivity contribution in [1.82, 2.24) is 10.0 Å². The quantitative estimate of drug-likeness (QED) is 0.890. The predicted octanol–water partition coefficient (Wildman–Crippen LogP) is 2.33. The van der Waals surface area contributed by atoms with Crippen LogP contribution < -0.4 is 10.0 Å². The van der Waals surface area contributed by atoms with Gasteiger partial charge in [0.1, 0.15) is 0 Å². The molecule has 0 saturated carbocycles. The summed E-state index contributed by atoms with van der Waals surface area (Å²) >= 11 is 0. The van der Waals surface area contributed by atoms with Crippen molar-refractivity contribution in [2.75, 3.05) is 0 Å². The molecule has 2 aromatic carbocycles. The van der Waals surface area contributed by atoms with Gasteiger partial charge in [-0.15, -0.1) is 0 Å². The summed E-state index contributed by atoms with van der Waals surface area (Å²) in [6, 6.07) is 13.1. The first-order valence-corrected chi connectivity index (χ1v) is 8.97. The van der Waals surface area contributed by atoms with Gasteiger partial charge in [0.15, 0.2) is 0 Å². The summed E-state index contributed by atoms with van der Waals surface area (Å²) < 4.78 is 27.3. The van der Waals surface area contributed by atoms with Gasteiger partial charge in [-0.3, -0.25) is 0 Å². The molecule has 1 aliphatic heterocycles. The highest BCUT2D eigenvalue weighted by atomic mass is 32.2. The Morgan fingerprint density at radius 3 is 2.41 bits per heavy atom. The van der Waals surface area contributed by atoms with Gasteiger partial charge in [-0.2, -0.15) is 0 Å². The number of hydrogen-bond acceptors (Lipinski definition) is 3. The number of rotatable bonds is 5. The van der Waals surface area contributed by atoms with Crippen LogP contribution in [0.1, 0.15) is 29.2 Å². The lowest BCUT2D eigenvalue weighted by Crippen LogP contribution is -2.23. The van der Waals surface area contributed by atoms with Crippen molar-refractivity contribution >= 4 is 10.0 Å². The van der Waals surface area contributed by atoms with Crippen LogP contribution in [0.4, 0.5) is 0 Å². The maximum atomic E-state index is 12.3. The Morgan fingerprint density at radius 1 is 1.00 bits per heavy atom. The number of sulfonamides is 1. The molecule has 5 heteroatoms. The normalized spacial score (nSPS) is 14.0. The van der Waals surface area contributed by atoms with Crippen molar-refractivity contribution < 1.29 is 8.42 Å². The van der Waals surface area contributed by atoms with Crippen LogP contribution in [0.25, 0.3) is 0 Å². The third-order valence-corrected chi connectivity index (χ3v) is 5.43. The Balaban J connectivity index is 1.71. The van der Waals surface area contributed by atoms with E-state index in [2.05, 4.69) is 22.2 Å². The molecule has 2 N–H and O–H groups in total. The summed E-state index contributed by atoms with van der Waals surface area (Å²) in [7, 11) is -3.46. The monoisotopic (exact) mass is 316 g/mol. The van der Waals surface area contributed by atoms with Gasteiger partial charge in [0, 0.05) is 19.6 Å². The lowest BCUT2D eigenvalue weighted by Gasteiger charge is -2.09. The first-order valence-electron chi connectivity index (χ1n) is 7.48.